The van der Waals surface area contributed by atoms with Gasteiger partial charge in [-0.3, -0.25) is 4.99 Å². The lowest BCUT2D eigenvalue weighted by molar-refractivity contribution is 0.157. The Balaban J connectivity index is 0.00000261. The molecule has 27 heavy (non-hydrogen) atoms. The molecule has 2 fully saturated rings. The Morgan fingerprint density at radius 2 is 1.85 bits per heavy atom. The summed E-state index contributed by atoms with van der Waals surface area (Å²) in [5, 5.41) is 3.50. The van der Waals surface area contributed by atoms with Gasteiger partial charge in [-0.05, 0) is 56.4 Å². The van der Waals surface area contributed by atoms with E-state index in [-0.39, 0.29) is 24.0 Å². The number of aliphatic imine (C=N–C) groups is 1. The number of likely N-dealkylation sites (tertiary alicyclic amines) is 1. The van der Waals surface area contributed by atoms with Gasteiger partial charge >= 0.3 is 0 Å². The predicted molar refractivity (Wildman–Crippen MR) is 124 cm³/mol. The minimum Gasteiger partial charge on any atom is -0.384 e. The molecular formula is C22H36IN3O. The molecule has 1 saturated carbocycles. The van der Waals surface area contributed by atoms with Gasteiger partial charge in [-0.2, -0.15) is 0 Å². The lowest BCUT2D eigenvalue weighted by Gasteiger charge is -2.28. The number of nitrogens with zero attached hydrogens (tertiary/aromatic N) is 2. The van der Waals surface area contributed by atoms with Crippen molar-refractivity contribution in [2.45, 2.75) is 44.9 Å². The average Bonchev–Trinajstić information content (AvgIpc) is 3.15. The summed E-state index contributed by atoms with van der Waals surface area (Å²) in [6, 6.07) is 11.0. The van der Waals surface area contributed by atoms with E-state index in [1.54, 1.807) is 7.11 Å². The fraction of sp³-hybridized carbons (Fsp3) is 0.682. The van der Waals surface area contributed by atoms with Crippen LogP contribution in [0.3, 0.4) is 0 Å². The van der Waals surface area contributed by atoms with Crippen LogP contribution in [0.15, 0.2) is 35.3 Å². The lowest BCUT2D eigenvalue weighted by Crippen LogP contribution is -2.40. The topological polar surface area (TPSA) is 36.9 Å². The maximum atomic E-state index is 5.33. The third-order valence-electron chi connectivity index (χ3n) is 5.94. The van der Waals surface area contributed by atoms with Gasteiger partial charge in [0, 0.05) is 39.2 Å². The van der Waals surface area contributed by atoms with E-state index in [1.807, 2.05) is 0 Å². The molecule has 3 rings (SSSR count). The molecule has 0 aromatic heterocycles. The van der Waals surface area contributed by atoms with Crippen molar-refractivity contribution in [3.8, 4) is 0 Å². The zero-order valence-electron chi connectivity index (χ0n) is 16.9. The molecule has 1 saturated heterocycles. The lowest BCUT2D eigenvalue weighted by atomic mass is 9.79. The van der Waals surface area contributed by atoms with E-state index < -0.39 is 0 Å². The number of hydrogen-bond acceptors (Lipinski definition) is 2. The molecule has 1 aromatic rings. The van der Waals surface area contributed by atoms with Crippen LogP contribution in [0.25, 0.3) is 0 Å². The molecule has 2 aliphatic rings. The summed E-state index contributed by atoms with van der Waals surface area (Å²) in [5.74, 6) is 3.24. The van der Waals surface area contributed by atoms with E-state index in [0.717, 1.165) is 50.6 Å². The fourth-order valence-electron chi connectivity index (χ4n) is 4.44. The molecule has 1 atom stereocenters. The smallest absolute Gasteiger partial charge is 0.193 e. The van der Waals surface area contributed by atoms with Gasteiger partial charge in [-0.1, -0.05) is 30.3 Å². The highest BCUT2D eigenvalue weighted by atomic mass is 127. The Hall–Kier alpha value is -0.820. The molecule has 4 nitrogen and oxygen atoms in total. The molecule has 0 bridgehead atoms. The summed E-state index contributed by atoms with van der Waals surface area (Å²) >= 11 is 0. The van der Waals surface area contributed by atoms with Crippen molar-refractivity contribution < 1.29 is 4.74 Å². The van der Waals surface area contributed by atoms with Crippen molar-refractivity contribution >= 4 is 29.9 Å². The maximum absolute atomic E-state index is 5.33. The zero-order chi connectivity index (χ0) is 18.2. The third-order valence-corrected chi connectivity index (χ3v) is 5.94. The molecule has 1 aliphatic heterocycles. The highest BCUT2D eigenvalue weighted by molar-refractivity contribution is 14.0. The second kappa shape index (κ2) is 11.9. The first kappa shape index (κ1) is 22.5. The molecule has 152 valence electrons. The quantitative estimate of drug-likeness (QED) is 0.366. The first-order valence-corrected chi connectivity index (χ1v) is 10.4. The van der Waals surface area contributed by atoms with Gasteiger partial charge in [-0.15, -0.1) is 24.0 Å². The van der Waals surface area contributed by atoms with E-state index in [4.69, 9.17) is 9.73 Å². The highest BCUT2D eigenvalue weighted by Gasteiger charge is 2.26. The van der Waals surface area contributed by atoms with E-state index in [9.17, 15) is 0 Å². The standard InChI is InChI=1S/C22H35N3O.HI/c1-3-23-22(25-14-13-19(16-25)17-26-2)24-15-18-9-11-21(12-10-18)20-7-5-4-6-8-20;/h4-8,18-19,21H,3,9-17H2,1-2H3,(H,23,24);1H. The first-order chi connectivity index (χ1) is 12.8. The number of ether oxygens (including phenoxy) is 1. The molecule has 0 spiro atoms. The van der Waals surface area contributed by atoms with Crippen molar-refractivity contribution in [1.29, 1.82) is 0 Å². The van der Waals surface area contributed by atoms with Crippen LogP contribution in [0.5, 0.6) is 0 Å². The van der Waals surface area contributed by atoms with Crippen molar-refractivity contribution in [3.05, 3.63) is 35.9 Å². The van der Waals surface area contributed by atoms with Crippen molar-refractivity contribution in [3.63, 3.8) is 0 Å². The molecule has 1 aromatic carbocycles. The first-order valence-electron chi connectivity index (χ1n) is 10.4. The summed E-state index contributed by atoms with van der Waals surface area (Å²) < 4.78 is 5.33. The highest BCUT2D eigenvalue weighted by Crippen LogP contribution is 2.35. The van der Waals surface area contributed by atoms with Gasteiger partial charge in [0.2, 0.25) is 0 Å². The van der Waals surface area contributed by atoms with Crippen molar-refractivity contribution in [2.24, 2.45) is 16.8 Å². The monoisotopic (exact) mass is 485 g/mol. The number of guanidine groups is 1. The number of benzene rings is 1. The second-order valence-electron chi connectivity index (χ2n) is 7.88. The average molecular weight is 485 g/mol. The van der Waals surface area contributed by atoms with Crippen LogP contribution in [0.2, 0.25) is 0 Å². The van der Waals surface area contributed by atoms with Gasteiger partial charge in [0.25, 0.3) is 0 Å². The second-order valence-corrected chi connectivity index (χ2v) is 7.88. The summed E-state index contributed by atoms with van der Waals surface area (Å²) in [5.41, 5.74) is 1.52. The van der Waals surface area contributed by atoms with Gasteiger partial charge in [-0.25, -0.2) is 0 Å². The summed E-state index contributed by atoms with van der Waals surface area (Å²) in [6.45, 7) is 7.09. The van der Waals surface area contributed by atoms with Gasteiger partial charge in [0.05, 0.1) is 6.61 Å². The minimum atomic E-state index is 0. The van der Waals surface area contributed by atoms with E-state index in [1.165, 1.54) is 37.7 Å². The van der Waals surface area contributed by atoms with Gasteiger partial charge in [0.1, 0.15) is 0 Å². The van der Waals surface area contributed by atoms with E-state index in [2.05, 4.69) is 47.5 Å². The Kier molecular flexibility index (Phi) is 9.90. The summed E-state index contributed by atoms with van der Waals surface area (Å²) in [7, 11) is 1.80. The zero-order valence-corrected chi connectivity index (χ0v) is 19.2. The Morgan fingerprint density at radius 3 is 2.52 bits per heavy atom. The largest absolute Gasteiger partial charge is 0.384 e. The van der Waals surface area contributed by atoms with Crippen LogP contribution in [0, 0.1) is 11.8 Å². The minimum absolute atomic E-state index is 0. The summed E-state index contributed by atoms with van der Waals surface area (Å²) in [6.07, 6.45) is 6.42. The Morgan fingerprint density at radius 1 is 1.11 bits per heavy atom. The van der Waals surface area contributed by atoms with E-state index in [0.29, 0.717) is 5.92 Å². The number of hydrogen-bond donors (Lipinski definition) is 1. The molecule has 1 N–H and O–H groups in total. The van der Waals surface area contributed by atoms with Crippen molar-refractivity contribution in [2.75, 3.05) is 39.9 Å². The van der Waals surface area contributed by atoms with E-state index >= 15 is 0 Å². The van der Waals surface area contributed by atoms with Gasteiger partial charge < -0.3 is 15.0 Å². The Labute approximate surface area is 182 Å². The fourth-order valence-corrected chi connectivity index (χ4v) is 4.44. The van der Waals surface area contributed by atoms with Crippen LogP contribution in [-0.4, -0.2) is 50.8 Å². The molecular weight excluding hydrogens is 449 g/mol. The number of methoxy groups -OCH3 is 1. The molecule has 0 amide bonds. The van der Waals surface area contributed by atoms with Crippen LogP contribution in [0.4, 0.5) is 0 Å². The molecule has 1 unspecified atom stereocenters. The predicted octanol–water partition coefficient (Wildman–Crippen LogP) is 4.51. The van der Waals surface area contributed by atoms with Crippen LogP contribution in [-0.2, 0) is 4.74 Å². The normalized spacial score (nSPS) is 25.9. The van der Waals surface area contributed by atoms with Gasteiger partial charge in [0.15, 0.2) is 5.96 Å². The maximum Gasteiger partial charge on any atom is 0.193 e. The van der Waals surface area contributed by atoms with Crippen LogP contribution < -0.4 is 5.32 Å². The van der Waals surface area contributed by atoms with Crippen LogP contribution in [0.1, 0.15) is 50.5 Å². The van der Waals surface area contributed by atoms with Crippen LogP contribution >= 0.6 is 24.0 Å². The molecule has 1 heterocycles. The Bertz CT molecular complexity index is 558. The number of nitrogens with one attached hydrogen (secondary N) is 1. The third kappa shape index (κ3) is 6.63. The summed E-state index contributed by atoms with van der Waals surface area (Å²) in [4.78, 5) is 7.42. The molecule has 0 radical (unpaired) electrons. The molecule has 1 aliphatic carbocycles. The number of rotatable bonds is 6. The molecule has 5 heteroatoms. The SMILES string of the molecule is CCNC(=NCC1CCC(c2ccccc2)CC1)N1CCC(COC)C1.I. The number of halogens is 1. The van der Waals surface area contributed by atoms with Crippen molar-refractivity contribution in [1.82, 2.24) is 10.2 Å².